The molecule has 0 aromatic heterocycles. The number of amides is 1. The zero-order chi connectivity index (χ0) is 18.9. The van der Waals surface area contributed by atoms with Crippen molar-refractivity contribution < 1.29 is 14.3 Å². The molecule has 2 rings (SSSR count). The van der Waals surface area contributed by atoms with E-state index in [0.717, 1.165) is 29.9 Å². The fraction of sp³-hybridized carbons (Fsp3) is 0.579. The molecule has 1 heterocycles. The molecule has 0 aliphatic carbocycles. The van der Waals surface area contributed by atoms with E-state index in [9.17, 15) is 4.79 Å². The third-order valence-corrected chi connectivity index (χ3v) is 4.16. The average Bonchev–Trinajstić information content (AvgIpc) is 2.89. The first kappa shape index (κ1) is 23.3. The van der Waals surface area contributed by atoms with Gasteiger partial charge in [0.15, 0.2) is 17.5 Å². The van der Waals surface area contributed by atoms with Crippen molar-refractivity contribution in [1.29, 1.82) is 0 Å². The Morgan fingerprint density at radius 2 is 2.04 bits per heavy atom. The molecule has 0 fully saturated rings. The molecule has 8 heteroatoms. The van der Waals surface area contributed by atoms with E-state index in [1.807, 2.05) is 18.2 Å². The van der Waals surface area contributed by atoms with E-state index in [4.69, 9.17) is 9.47 Å². The highest BCUT2D eigenvalue weighted by Gasteiger charge is 2.15. The lowest BCUT2D eigenvalue weighted by Gasteiger charge is -2.18. The second-order valence-electron chi connectivity index (χ2n) is 6.56. The van der Waals surface area contributed by atoms with Crippen molar-refractivity contribution in [2.75, 3.05) is 33.9 Å². The number of benzene rings is 1. The lowest BCUT2D eigenvalue weighted by molar-refractivity contribution is -0.127. The van der Waals surface area contributed by atoms with E-state index in [0.29, 0.717) is 25.7 Å². The molecule has 1 aliphatic rings. The smallest absolute Gasteiger partial charge is 0.241 e. The minimum atomic E-state index is -0.00559. The number of ether oxygens (including phenoxy) is 2. The van der Waals surface area contributed by atoms with Crippen molar-refractivity contribution in [3.05, 3.63) is 23.8 Å². The van der Waals surface area contributed by atoms with Crippen molar-refractivity contribution >= 4 is 35.8 Å². The summed E-state index contributed by atoms with van der Waals surface area (Å²) >= 11 is 0. The molecule has 1 atom stereocenters. The van der Waals surface area contributed by atoms with Crippen molar-refractivity contribution in [3.63, 3.8) is 0 Å². The summed E-state index contributed by atoms with van der Waals surface area (Å²) in [5, 5.41) is 6.42. The summed E-state index contributed by atoms with van der Waals surface area (Å²) in [6.45, 7) is 6.12. The van der Waals surface area contributed by atoms with E-state index in [2.05, 4.69) is 29.5 Å². The fourth-order valence-electron chi connectivity index (χ4n) is 2.35. The van der Waals surface area contributed by atoms with Crippen LogP contribution in [-0.2, 0) is 11.3 Å². The number of carbonyl (C=O) groups is 1. The van der Waals surface area contributed by atoms with Gasteiger partial charge in [-0.15, -0.1) is 24.0 Å². The Bertz CT molecular complexity index is 637. The summed E-state index contributed by atoms with van der Waals surface area (Å²) in [5.74, 6) is 2.14. The van der Waals surface area contributed by atoms with Crippen LogP contribution in [0.3, 0.4) is 0 Å². The zero-order valence-electron chi connectivity index (χ0n) is 16.6. The molecule has 0 bridgehead atoms. The van der Waals surface area contributed by atoms with Crippen molar-refractivity contribution in [2.24, 2.45) is 4.99 Å². The summed E-state index contributed by atoms with van der Waals surface area (Å²) in [7, 11) is 3.47. The average molecular weight is 490 g/mol. The van der Waals surface area contributed by atoms with Gasteiger partial charge in [-0.1, -0.05) is 19.1 Å². The first-order valence-electron chi connectivity index (χ1n) is 9.13. The van der Waals surface area contributed by atoms with Crippen molar-refractivity contribution in [1.82, 2.24) is 15.5 Å². The summed E-state index contributed by atoms with van der Waals surface area (Å²) in [5.41, 5.74) is 0.966. The molecular weight excluding hydrogens is 459 g/mol. The van der Waals surface area contributed by atoms with Gasteiger partial charge in [0.05, 0.1) is 26.3 Å². The molecule has 0 radical (unpaired) electrons. The SMILES string of the molecule is CCC(C)NC(=NCc1cccc2c1OCCCO2)NCC(=O)N(C)C.I. The number of para-hydroxylation sites is 1. The van der Waals surface area contributed by atoms with E-state index in [-0.39, 0.29) is 42.5 Å². The van der Waals surface area contributed by atoms with Crippen LogP contribution in [0.4, 0.5) is 0 Å². The maximum absolute atomic E-state index is 11.9. The predicted molar refractivity (Wildman–Crippen MR) is 118 cm³/mol. The Morgan fingerprint density at radius 1 is 1.30 bits per heavy atom. The van der Waals surface area contributed by atoms with Gasteiger partial charge in [-0.3, -0.25) is 4.79 Å². The van der Waals surface area contributed by atoms with Gasteiger partial charge in [-0.2, -0.15) is 0 Å². The van der Waals surface area contributed by atoms with Gasteiger partial charge in [0.1, 0.15) is 0 Å². The van der Waals surface area contributed by atoms with Crippen LogP contribution < -0.4 is 20.1 Å². The van der Waals surface area contributed by atoms with Crippen molar-refractivity contribution in [3.8, 4) is 11.5 Å². The minimum absolute atomic E-state index is 0. The Kier molecular flexibility index (Phi) is 10.3. The summed E-state index contributed by atoms with van der Waals surface area (Å²) in [6, 6.07) is 6.11. The molecule has 1 aromatic rings. The molecule has 7 nitrogen and oxygen atoms in total. The fourth-order valence-corrected chi connectivity index (χ4v) is 2.35. The van der Waals surface area contributed by atoms with E-state index in [1.54, 1.807) is 19.0 Å². The third-order valence-electron chi connectivity index (χ3n) is 4.16. The summed E-state index contributed by atoms with van der Waals surface area (Å²) in [6.07, 6.45) is 1.83. The van der Waals surface area contributed by atoms with Crippen LogP contribution in [0.5, 0.6) is 11.5 Å². The van der Waals surface area contributed by atoms with Crippen LogP contribution >= 0.6 is 24.0 Å². The normalized spacial score (nSPS) is 14.4. The van der Waals surface area contributed by atoms with Crippen LogP contribution in [0.1, 0.15) is 32.3 Å². The Hall–Kier alpha value is -1.71. The highest BCUT2D eigenvalue weighted by atomic mass is 127. The largest absolute Gasteiger partial charge is 0.490 e. The predicted octanol–water partition coefficient (Wildman–Crippen LogP) is 2.39. The monoisotopic (exact) mass is 490 g/mol. The van der Waals surface area contributed by atoms with Crippen molar-refractivity contribution in [2.45, 2.75) is 39.3 Å². The topological polar surface area (TPSA) is 75.2 Å². The number of carbonyl (C=O) groups excluding carboxylic acids is 1. The number of hydrogen-bond acceptors (Lipinski definition) is 4. The number of fused-ring (bicyclic) bond motifs is 1. The molecule has 0 spiro atoms. The number of nitrogens with zero attached hydrogens (tertiary/aromatic N) is 2. The number of hydrogen-bond donors (Lipinski definition) is 2. The van der Waals surface area contributed by atoms with Gasteiger partial charge < -0.3 is 25.0 Å². The Morgan fingerprint density at radius 3 is 2.74 bits per heavy atom. The van der Waals surface area contributed by atoms with E-state index >= 15 is 0 Å². The van der Waals surface area contributed by atoms with Gasteiger partial charge >= 0.3 is 0 Å². The quantitative estimate of drug-likeness (QED) is 0.364. The number of guanidine groups is 1. The molecule has 2 N–H and O–H groups in total. The maximum atomic E-state index is 11.9. The molecule has 1 aliphatic heterocycles. The Balaban J connectivity index is 0.00000364. The van der Waals surface area contributed by atoms with Gasteiger partial charge in [0.25, 0.3) is 0 Å². The molecular formula is C19H31IN4O3. The second-order valence-corrected chi connectivity index (χ2v) is 6.56. The molecule has 1 amide bonds. The molecule has 1 aromatic carbocycles. The van der Waals surface area contributed by atoms with Crippen LogP contribution in [0.15, 0.2) is 23.2 Å². The van der Waals surface area contributed by atoms with Gasteiger partial charge in [-0.05, 0) is 19.4 Å². The van der Waals surface area contributed by atoms with Crippen LogP contribution in [-0.4, -0.2) is 56.7 Å². The second kappa shape index (κ2) is 11.9. The number of rotatable bonds is 6. The van der Waals surface area contributed by atoms with Gasteiger partial charge in [-0.25, -0.2) is 4.99 Å². The standard InChI is InChI=1S/C19H30N4O3.HI/c1-5-14(2)22-19(21-13-17(24)23(3)4)20-12-15-8-6-9-16-18(15)26-11-7-10-25-16;/h6,8-9,14H,5,7,10-13H2,1-4H3,(H2,20,21,22);1H. The highest BCUT2D eigenvalue weighted by molar-refractivity contribution is 14.0. The van der Waals surface area contributed by atoms with Crippen LogP contribution in [0, 0.1) is 0 Å². The van der Waals surface area contributed by atoms with Crippen LogP contribution in [0.2, 0.25) is 0 Å². The lowest BCUT2D eigenvalue weighted by Crippen LogP contribution is -2.45. The number of nitrogens with one attached hydrogen (secondary N) is 2. The Labute approximate surface area is 178 Å². The maximum Gasteiger partial charge on any atom is 0.241 e. The van der Waals surface area contributed by atoms with Crippen LogP contribution in [0.25, 0.3) is 0 Å². The highest BCUT2D eigenvalue weighted by Crippen LogP contribution is 2.33. The number of aliphatic imine (C=N–C) groups is 1. The molecule has 0 saturated heterocycles. The number of likely N-dealkylation sites (N-methyl/N-ethyl adjacent to an activating group) is 1. The van der Waals surface area contributed by atoms with E-state index in [1.165, 1.54) is 0 Å². The molecule has 152 valence electrons. The first-order chi connectivity index (χ1) is 12.5. The summed E-state index contributed by atoms with van der Waals surface area (Å²) in [4.78, 5) is 18.0. The lowest BCUT2D eigenvalue weighted by atomic mass is 10.2. The molecule has 0 saturated carbocycles. The zero-order valence-corrected chi connectivity index (χ0v) is 18.9. The molecule has 27 heavy (non-hydrogen) atoms. The van der Waals surface area contributed by atoms with Gasteiger partial charge in [0, 0.05) is 32.1 Å². The van der Waals surface area contributed by atoms with E-state index < -0.39 is 0 Å². The number of halogens is 1. The summed E-state index contributed by atoms with van der Waals surface area (Å²) < 4.78 is 11.6. The minimum Gasteiger partial charge on any atom is -0.490 e. The molecule has 1 unspecified atom stereocenters. The third kappa shape index (κ3) is 7.43. The first-order valence-corrected chi connectivity index (χ1v) is 9.13. The van der Waals surface area contributed by atoms with Gasteiger partial charge in [0.2, 0.25) is 5.91 Å².